The number of carboxylic acid groups (broad SMARTS) is 1. The molecular weight excluding hydrogens is 296 g/mol. The van der Waals surface area contributed by atoms with Crippen molar-refractivity contribution in [2.75, 3.05) is 5.75 Å². The average Bonchev–Trinajstić information content (AvgIpc) is 2.14. The molecule has 1 aliphatic rings. The van der Waals surface area contributed by atoms with E-state index in [0.717, 1.165) is 4.47 Å². The lowest BCUT2D eigenvalue weighted by molar-refractivity contribution is -0.141. The van der Waals surface area contributed by atoms with E-state index in [1.807, 2.05) is 0 Å². The Kier molecular flexibility index (Phi) is 2.79. The predicted molar refractivity (Wildman–Crippen MR) is 61.8 cm³/mol. The van der Waals surface area contributed by atoms with Gasteiger partial charge in [-0.2, -0.15) is 0 Å². The van der Waals surface area contributed by atoms with Gasteiger partial charge in [-0.15, -0.1) is 0 Å². The van der Waals surface area contributed by atoms with Crippen LogP contribution in [0.5, 0.6) is 0 Å². The molecule has 2 rings (SSSR count). The molecule has 86 valence electrons. The molecule has 1 aromatic rings. The Bertz CT molecular complexity index is 538. The highest BCUT2D eigenvalue weighted by atomic mass is 79.9. The van der Waals surface area contributed by atoms with Crippen molar-refractivity contribution in [2.24, 2.45) is 5.92 Å². The minimum Gasteiger partial charge on any atom is -0.481 e. The van der Waals surface area contributed by atoms with Crippen LogP contribution < -0.4 is 0 Å². The number of sulfone groups is 1. The monoisotopic (exact) mass is 304 g/mol. The molecule has 0 amide bonds. The van der Waals surface area contributed by atoms with E-state index in [-0.39, 0.29) is 5.75 Å². The van der Waals surface area contributed by atoms with Crippen molar-refractivity contribution in [3.05, 3.63) is 34.3 Å². The van der Waals surface area contributed by atoms with E-state index in [1.165, 1.54) is 0 Å². The SMILES string of the molecule is O=C(O)C1CS(=O)(=O)C1c1cccc(Br)c1. The van der Waals surface area contributed by atoms with E-state index in [9.17, 15) is 13.2 Å². The molecule has 1 N–H and O–H groups in total. The highest BCUT2D eigenvalue weighted by Crippen LogP contribution is 2.42. The van der Waals surface area contributed by atoms with Crippen molar-refractivity contribution < 1.29 is 18.3 Å². The summed E-state index contributed by atoms with van der Waals surface area (Å²) in [5.74, 6) is -2.14. The first-order valence-electron chi connectivity index (χ1n) is 4.61. The maximum absolute atomic E-state index is 11.6. The summed E-state index contributed by atoms with van der Waals surface area (Å²) >= 11 is 3.24. The average molecular weight is 305 g/mol. The quantitative estimate of drug-likeness (QED) is 0.901. The molecule has 1 heterocycles. The van der Waals surface area contributed by atoms with Gasteiger partial charge in [0.25, 0.3) is 0 Å². The summed E-state index contributed by atoms with van der Waals surface area (Å²) in [6.45, 7) is 0. The van der Waals surface area contributed by atoms with Gasteiger partial charge in [-0.05, 0) is 17.7 Å². The van der Waals surface area contributed by atoms with E-state index >= 15 is 0 Å². The van der Waals surface area contributed by atoms with Crippen molar-refractivity contribution in [1.82, 2.24) is 0 Å². The van der Waals surface area contributed by atoms with Crippen LogP contribution in [0.25, 0.3) is 0 Å². The molecule has 1 aliphatic heterocycles. The van der Waals surface area contributed by atoms with Crippen molar-refractivity contribution in [1.29, 1.82) is 0 Å². The van der Waals surface area contributed by atoms with Gasteiger partial charge in [-0.25, -0.2) is 8.42 Å². The third-order valence-electron chi connectivity index (χ3n) is 2.66. The van der Waals surface area contributed by atoms with E-state index in [0.29, 0.717) is 5.56 Å². The zero-order valence-corrected chi connectivity index (χ0v) is 10.5. The zero-order chi connectivity index (χ0) is 11.9. The lowest BCUT2D eigenvalue weighted by Gasteiger charge is -2.33. The molecule has 2 atom stereocenters. The first-order chi connectivity index (χ1) is 7.42. The molecule has 1 saturated heterocycles. The third-order valence-corrected chi connectivity index (χ3v) is 5.35. The number of aliphatic carboxylic acids is 1. The third kappa shape index (κ3) is 1.87. The lowest BCUT2D eigenvalue weighted by Crippen LogP contribution is -2.44. The highest BCUT2D eigenvalue weighted by molar-refractivity contribution is 9.10. The van der Waals surface area contributed by atoms with Crippen LogP contribution in [0.2, 0.25) is 0 Å². The van der Waals surface area contributed by atoms with Crippen molar-refractivity contribution in [2.45, 2.75) is 5.25 Å². The second-order valence-corrected chi connectivity index (χ2v) is 6.83. The summed E-state index contributed by atoms with van der Waals surface area (Å²) in [4.78, 5) is 10.9. The van der Waals surface area contributed by atoms with Gasteiger partial charge in [-0.3, -0.25) is 4.79 Å². The van der Waals surface area contributed by atoms with Crippen LogP contribution >= 0.6 is 15.9 Å². The molecule has 1 aromatic carbocycles. The highest BCUT2D eigenvalue weighted by Gasteiger charge is 2.50. The summed E-state index contributed by atoms with van der Waals surface area (Å²) in [5, 5.41) is 7.99. The zero-order valence-electron chi connectivity index (χ0n) is 8.13. The molecule has 2 unspecified atom stereocenters. The Morgan fingerprint density at radius 2 is 2.12 bits per heavy atom. The number of hydrogen-bond acceptors (Lipinski definition) is 3. The standard InChI is InChI=1S/C10H9BrO4S/c11-7-3-1-2-6(4-7)9-8(10(12)13)5-16(9,14)15/h1-4,8-9H,5H2,(H,12,13). The summed E-state index contributed by atoms with van der Waals surface area (Å²) in [5.41, 5.74) is 0.535. The van der Waals surface area contributed by atoms with E-state index < -0.39 is 27.0 Å². The maximum Gasteiger partial charge on any atom is 0.309 e. The lowest BCUT2D eigenvalue weighted by atomic mass is 9.99. The normalized spacial score (nSPS) is 27.1. The Balaban J connectivity index is 2.42. The Labute approximate surface area is 101 Å². The molecule has 0 saturated carbocycles. The molecule has 4 nitrogen and oxygen atoms in total. The molecule has 6 heteroatoms. The number of carbonyl (C=O) groups is 1. The van der Waals surface area contributed by atoms with E-state index in [1.54, 1.807) is 24.3 Å². The van der Waals surface area contributed by atoms with Gasteiger partial charge in [0.05, 0.1) is 11.7 Å². The molecule has 0 aliphatic carbocycles. The summed E-state index contributed by atoms with van der Waals surface area (Å²) in [7, 11) is -3.29. The topological polar surface area (TPSA) is 71.4 Å². The van der Waals surface area contributed by atoms with Crippen LogP contribution in [-0.2, 0) is 14.6 Å². The van der Waals surface area contributed by atoms with Gasteiger partial charge in [0.1, 0.15) is 5.25 Å². The number of hydrogen-bond donors (Lipinski definition) is 1. The van der Waals surface area contributed by atoms with Gasteiger partial charge < -0.3 is 5.11 Å². The minimum absolute atomic E-state index is 0.264. The van der Waals surface area contributed by atoms with E-state index in [4.69, 9.17) is 5.11 Å². The predicted octanol–water partition coefficient (Wildman–Crippen LogP) is 1.62. The number of rotatable bonds is 2. The van der Waals surface area contributed by atoms with Crippen LogP contribution in [0, 0.1) is 5.92 Å². The van der Waals surface area contributed by atoms with Gasteiger partial charge in [0, 0.05) is 4.47 Å². The van der Waals surface area contributed by atoms with Crippen LogP contribution in [-0.4, -0.2) is 25.2 Å². The van der Waals surface area contributed by atoms with Crippen LogP contribution in [0.15, 0.2) is 28.7 Å². The van der Waals surface area contributed by atoms with Crippen LogP contribution in [0.4, 0.5) is 0 Å². The molecule has 0 bridgehead atoms. The fourth-order valence-electron chi connectivity index (χ4n) is 1.89. The Morgan fingerprint density at radius 3 is 2.62 bits per heavy atom. The van der Waals surface area contributed by atoms with Gasteiger partial charge >= 0.3 is 5.97 Å². The largest absolute Gasteiger partial charge is 0.481 e. The molecule has 0 radical (unpaired) electrons. The van der Waals surface area contributed by atoms with Crippen molar-refractivity contribution in [3.63, 3.8) is 0 Å². The molecule has 0 spiro atoms. The number of carboxylic acids is 1. The first-order valence-corrected chi connectivity index (χ1v) is 7.12. The van der Waals surface area contributed by atoms with Crippen molar-refractivity contribution in [3.8, 4) is 0 Å². The van der Waals surface area contributed by atoms with Gasteiger partial charge in [0.2, 0.25) is 0 Å². The molecule has 1 fully saturated rings. The van der Waals surface area contributed by atoms with Gasteiger partial charge in [-0.1, -0.05) is 28.1 Å². The summed E-state index contributed by atoms with van der Waals surface area (Å²) in [6, 6.07) is 6.76. The molecule has 16 heavy (non-hydrogen) atoms. The minimum atomic E-state index is -3.29. The number of benzene rings is 1. The second kappa shape index (κ2) is 3.85. The first kappa shape index (κ1) is 11.6. The number of halogens is 1. The fraction of sp³-hybridized carbons (Fsp3) is 0.300. The second-order valence-electron chi connectivity index (χ2n) is 3.75. The van der Waals surface area contributed by atoms with Crippen LogP contribution in [0.3, 0.4) is 0 Å². The van der Waals surface area contributed by atoms with Gasteiger partial charge in [0.15, 0.2) is 9.84 Å². The van der Waals surface area contributed by atoms with E-state index in [2.05, 4.69) is 15.9 Å². The maximum atomic E-state index is 11.6. The van der Waals surface area contributed by atoms with Crippen LogP contribution in [0.1, 0.15) is 10.8 Å². The Hall–Kier alpha value is -0.880. The Morgan fingerprint density at radius 1 is 1.44 bits per heavy atom. The van der Waals surface area contributed by atoms with Crippen molar-refractivity contribution >= 4 is 31.7 Å². The molecular formula is C10H9BrO4S. The summed E-state index contributed by atoms with van der Waals surface area (Å²) < 4.78 is 23.9. The summed E-state index contributed by atoms with van der Waals surface area (Å²) in [6.07, 6.45) is 0. The fourth-order valence-corrected chi connectivity index (χ4v) is 4.27. The molecule has 0 aromatic heterocycles. The smallest absolute Gasteiger partial charge is 0.309 e.